The molecule has 1 aliphatic heterocycles. The van der Waals surface area contributed by atoms with Gasteiger partial charge >= 0.3 is 0 Å². The van der Waals surface area contributed by atoms with Crippen molar-refractivity contribution in [3.8, 4) is 11.5 Å². The van der Waals surface area contributed by atoms with E-state index in [0.29, 0.717) is 5.92 Å². The van der Waals surface area contributed by atoms with E-state index < -0.39 is 0 Å². The van der Waals surface area contributed by atoms with Crippen molar-refractivity contribution < 1.29 is 10.2 Å². The van der Waals surface area contributed by atoms with Crippen molar-refractivity contribution >= 4 is 0 Å². The largest absolute Gasteiger partial charge is 0.508 e. The number of aromatic hydroxyl groups is 2. The van der Waals surface area contributed by atoms with Crippen LogP contribution in [0.4, 0.5) is 0 Å². The van der Waals surface area contributed by atoms with Gasteiger partial charge in [-0.1, -0.05) is 0 Å². The van der Waals surface area contributed by atoms with Gasteiger partial charge in [-0.05, 0) is 49.2 Å². The van der Waals surface area contributed by atoms with Crippen molar-refractivity contribution in [3.63, 3.8) is 0 Å². The number of phenols is 2. The molecule has 13 heavy (non-hydrogen) atoms. The van der Waals surface area contributed by atoms with Crippen LogP contribution in [-0.4, -0.2) is 23.3 Å². The average molecular weight is 179 g/mol. The number of hydrogen-bond donors (Lipinski definition) is 3. The third kappa shape index (κ3) is 1.75. The summed E-state index contributed by atoms with van der Waals surface area (Å²) in [5, 5.41) is 21.9. The molecule has 0 unspecified atom stereocenters. The van der Waals surface area contributed by atoms with Crippen LogP contribution in [0.1, 0.15) is 5.56 Å². The first-order chi connectivity index (χ1) is 6.25. The molecular formula is C10H13NO2. The van der Waals surface area contributed by atoms with E-state index in [9.17, 15) is 10.2 Å². The fourth-order valence-corrected chi connectivity index (χ4v) is 1.54. The maximum absolute atomic E-state index is 9.47. The van der Waals surface area contributed by atoms with Crippen molar-refractivity contribution in [3.05, 3.63) is 23.8 Å². The fraction of sp³-hybridized carbons (Fsp3) is 0.400. The lowest BCUT2D eigenvalue weighted by molar-refractivity contribution is 0.340. The highest BCUT2D eigenvalue weighted by Gasteiger charge is 2.18. The number of phenolic OH excluding ortho intramolecular Hbond substituents is 2. The second kappa shape index (κ2) is 3.26. The Balaban J connectivity index is 2.13. The average Bonchev–Trinajstić information content (AvgIpc) is 2.03. The summed E-state index contributed by atoms with van der Waals surface area (Å²) < 4.78 is 0. The summed E-state index contributed by atoms with van der Waals surface area (Å²) in [6.45, 7) is 2.02. The smallest absolute Gasteiger partial charge is 0.119 e. The number of hydrogen-bond acceptors (Lipinski definition) is 3. The zero-order valence-electron chi connectivity index (χ0n) is 7.33. The Morgan fingerprint density at radius 1 is 1.31 bits per heavy atom. The van der Waals surface area contributed by atoms with Gasteiger partial charge in [0.05, 0.1) is 0 Å². The number of rotatable bonds is 2. The standard InChI is InChI=1S/C10H13NO2/c12-9-1-2-10(13)8(4-9)3-7-5-11-6-7/h1-2,4,7,11-13H,3,5-6H2. The predicted molar refractivity (Wildman–Crippen MR) is 49.8 cm³/mol. The molecule has 1 heterocycles. The van der Waals surface area contributed by atoms with Gasteiger partial charge in [-0.25, -0.2) is 0 Å². The van der Waals surface area contributed by atoms with Gasteiger partial charge in [-0.3, -0.25) is 0 Å². The summed E-state index contributed by atoms with van der Waals surface area (Å²) in [5.74, 6) is 1.11. The van der Waals surface area contributed by atoms with E-state index in [2.05, 4.69) is 5.32 Å². The Morgan fingerprint density at radius 3 is 2.69 bits per heavy atom. The third-order valence-corrected chi connectivity index (χ3v) is 2.44. The topological polar surface area (TPSA) is 52.5 Å². The van der Waals surface area contributed by atoms with Gasteiger partial charge in [-0.2, -0.15) is 0 Å². The molecule has 0 aromatic heterocycles. The Morgan fingerprint density at radius 2 is 2.08 bits per heavy atom. The lowest BCUT2D eigenvalue weighted by Crippen LogP contribution is -2.43. The second-order valence-electron chi connectivity index (χ2n) is 3.54. The van der Waals surface area contributed by atoms with Gasteiger partial charge in [-0.15, -0.1) is 0 Å². The molecule has 0 aliphatic carbocycles. The van der Waals surface area contributed by atoms with E-state index in [4.69, 9.17) is 0 Å². The maximum Gasteiger partial charge on any atom is 0.119 e. The molecule has 1 saturated heterocycles. The zero-order chi connectivity index (χ0) is 9.26. The third-order valence-electron chi connectivity index (χ3n) is 2.44. The molecule has 0 atom stereocenters. The summed E-state index contributed by atoms with van der Waals surface area (Å²) in [6, 6.07) is 4.67. The van der Waals surface area contributed by atoms with Gasteiger partial charge in [0.2, 0.25) is 0 Å². The van der Waals surface area contributed by atoms with Crippen LogP contribution in [0.2, 0.25) is 0 Å². The molecule has 0 amide bonds. The van der Waals surface area contributed by atoms with E-state index in [1.165, 1.54) is 12.1 Å². The normalized spacial score (nSPS) is 16.9. The van der Waals surface area contributed by atoms with Crippen LogP contribution in [0.5, 0.6) is 11.5 Å². The molecule has 0 radical (unpaired) electrons. The Kier molecular flexibility index (Phi) is 2.10. The monoisotopic (exact) mass is 179 g/mol. The summed E-state index contributed by atoms with van der Waals surface area (Å²) in [7, 11) is 0. The Labute approximate surface area is 77.0 Å². The Hall–Kier alpha value is -1.22. The van der Waals surface area contributed by atoms with Crippen molar-refractivity contribution in [2.24, 2.45) is 5.92 Å². The van der Waals surface area contributed by atoms with Crippen LogP contribution < -0.4 is 5.32 Å². The van der Waals surface area contributed by atoms with Crippen molar-refractivity contribution in [1.82, 2.24) is 5.32 Å². The second-order valence-corrected chi connectivity index (χ2v) is 3.54. The summed E-state index contributed by atoms with van der Waals surface area (Å²) >= 11 is 0. The van der Waals surface area contributed by atoms with Gasteiger partial charge < -0.3 is 15.5 Å². The van der Waals surface area contributed by atoms with Gasteiger partial charge in [0, 0.05) is 0 Å². The highest BCUT2D eigenvalue weighted by atomic mass is 16.3. The highest BCUT2D eigenvalue weighted by molar-refractivity contribution is 5.39. The molecule has 1 aromatic rings. The molecule has 2 rings (SSSR count). The van der Waals surface area contributed by atoms with Gasteiger partial charge in [0.1, 0.15) is 11.5 Å². The zero-order valence-corrected chi connectivity index (χ0v) is 7.33. The van der Waals surface area contributed by atoms with E-state index in [1.807, 2.05) is 0 Å². The molecule has 3 heteroatoms. The lowest BCUT2D eigenvalue weighted by Gasteiger charge is -2.27. The summed E-state index contributed by atoms with van der Waals surface area (Å²) in [4.78, 5) is 0. The van der Waals surface area contributed by atoms with Crippen LogP contribution in [0.25, 0.3) is 0 Å². The summed E-state index contributed by atoms with van der Waals surface area (Å²) in [6.07, 6.45) is 0.841. The number of benzene rings is 1. The van der Waals surface area contributed by atoms with Crippen LogP contribution in [-0.2, 0) is 6.42 Å². The molecule has 0 saturated carbocycles. The first kappa shape index (κ1) is 8.38. The Bertz CT molecular complexity index is 308. The lowest BCUT2D eigenvalue weighted by atomic mass is 9.94. The minimum Gasteiger partial charge on any atom is -0.508 e. The van der Waals surface area contributed by atoms with E-state index in [1.54, 1.807) is 6.07 Å². The fourth-order valence-electron chi connectivity index (χ4n) is 1.54. The van der Waals surface area contributed by atoms with E-state index in [0.717, 1.165) is 25.1 Å². The molecule has 1 aromatic carbocycles. The molecule has 0 spiro atoms. The van der Waals surface area contributed by atoms with Crippen LogP contribution in [0, 0.1) is 5.92 Å². The minimum absolute atomic E-state index is 0.222. The van der Waals surface area contributed by atoms with Crippen molar-refractivity contribution in [2.45, 2.75) is 6.42 Å². The van der Waals surface area contributed by atoms with Gasteiger partial charge in [0.15, 0.2) is 0 Å². The maximum atomic E-state index is 9.47. The van der Waals surface area contributed by atoms with Crippen LogP contribution >= 0.6 is 0 Å². The van der Waals surface area contributed by atoms with Crippen molar-refractivity contribution in [1.29, 1.82) is 0 Å². The van der Waals surface area contributed by atoms with Crippen LogP contribution in [0.3, 0.4) is 0 Å². The first-order valence-corrected chi connectivity index (χ1v) is 4.47. The molecule has 3 nitrogen and oxygen atoms in total. The molecule has 0 bridgehead atoms. The highest BCUT2D eigenvalue weighted by Crippen LogP contribution is 2.25. The van der Waals surface area contributed by atoms with Crippen LogP contribution in [0.15, 0.2) is 18.2 Å². The quantitative estimate of drug-likeness (QED) is 0.590. The SMILES string of the molecule is Oc1ccc(O)c(CC2CNC2)c1. The van der Waals surface area contributed by atoms with Crippen molar-refractivity contribution in [2.75, 3.05) is 13.1 Å². The molecule has 70 valence electrons. The van der Waals surface area contributed by atoms with Gasteiger partial charge in [0.25, 0.3) is 0 Å². The predicted octanol–water partition coefficient (Wildman–Crippen LogP) is 0.860. The molecule has 1 aliphatic rings. The molecule has 1 fully saturated rings. The first-order valence-electron chi connectivity index (χ1n) is 4.47. The number of nitrogens with one attached hydrogen (secondary N) is 1. The van der Waals surface area contributed by atoms with E-state index in [-0.39, 0.29) is 11.5 Å². The summed E-state index contributed by atoms with van der Waals surface area (Å²) in [5.41, 5.74) is 0.839. The molecular weight excluding hydrogens is 166 g/mol. The van der Waals surface area contributed by atoms with E-state index >= 15 is 0 Å². The molecule has 3 N–H and O–H groups in total. The minimum atomic E-state index is 0.222.